The summed E-state index contributed by atoms with van der Waals surface area (Å²) in [6.07, 6.45) is 0. The molecule has 11 heavy (non-hydrogen) atoms. The van der Waals surface area contributed by atoms with Crippen molar-refractivity contribution in [2.45, 2.75) is 20.1 Å². The normalized spacial score (nSPS) is 15.1. The number of fused-ring (bicyclic) bond motifs is 1. The third-order valence-corrected chi connectivity index (χ3v) is 2.25. The summed E-state index contributed by atoms with van der Waals surface area (Å²) in [4.78, 5) is 0. The number of rotatable bonds is 0. The number of halogens is 1. The SMILES string of the molecule is Cc1cc(Cl)cc2c1COC2. The molecule has 0 unspecified atom stereocenters. The van der Waals surface area contributed by atoms with Crippen LogP contribution >= 0.6 is 11.6 Å². The Morgan fingerprint density at radius 1 is 1.36 bits per heavy atom. The van der Waals surface area contributed by atoms with Gasteiger partial charge in [0, 0.05) is 5.02 Å². The maximum Gasteiger partial charge on any atom is 0.0727 e. The zero-order valence-corrected chi connectivity index (χ0v) is 7.11. The van der Waals surface area contributed by atoms with Gasteiger partial charge < -0.3 is 4.74 Å². The van der Waals surface area contributed by atoms with Crippen LogP contribution in [0.2, 0.25) is 5.02 Å². The molecular formula is C9H9ClO. The lowest BCUT2D eigenvalue weighted by molar-refractivity contribution is 0.134. The van der Waals surface area contributed by atoms with Crippen LogP contribution in [0.3, 0.4) is 0 Å². The van der Waals surface area contributed by atoms with Crippen LogP contribution in [-0.4, -0.2) is 0 Å². The summed E-state index contributed by atoms with van der Waals surface area (Å²) in [6, 6.07) is 3.96. The minimum atomic E-state index is 0.719. The first-order valence-corrected chi connectivity index (χ1v) is 4.01. The van der Waals surface area contributed by atoms with Crippen LogP contribution in [0.4, 0.5) is 0 Å². The summed E-state index contributed by atoms with van der Waals surface area (Å²) in [5, 5.41) is 0.812. The second-order valence-electron chi connectivity index (χ2n) is 2.85. The molecule has 0 fully saturated rings. The Labute approximate surface area is 70.9 Å². The van der Waals surface area contributed by atoms with E-state index in [1.165, 1.54) is 16.7 Å². The van der Waals surface area contributed by atoms with Crippen LogP contribution in [0.5, 0.6) is 0 Å². The van der Waals surface area contributed by atoms with E-state index in [1.807, 2.05) is 12.1 Å². The van der Waals surface area contributed by atoms with Crippen molar-refractivity contribution in [3.05, 3.63) is 33.8 Å². The molecule has 0 bridgehead atoms. The highest BCUT2D eigenvalue weighted by atomic mass is 35.5. The monoisotopic (exact) mass is 168 g/mol. The zero-order chi connectivity index (χ0) is 7.84. The molecule has 0 aliphatic carbocycles. The van der Waals surface area contributed by atoms with Gasteiger partial charge in [-0.1, -0.05) is 11.6 Å². The molecule has 0 N–H and O–H groups in total. The van der Waals surface area contributed by atoms with E-state index in [1.54, 1.807) is 0 Å². The maximum atomic E-state index is 5.87. The molecule has 2 rings (SSSR count). The molecule has 0 aromatic heterocycles. The highest BCUT2D eigenvalue weighted by Crippen LogP contribution is 2.26. The molecule has 0 saturated carbocycles. The van der Waals surface area contributed by atoms with Gasteiger partial charge in [-0.05, 0) is 35.7 Å². The fourth-order valence-corrected chi connectivity index (χ4v) is 1.74. The van der Waals surface area contributed by atoms with Crippen LogP contribution in [0.15, 0.2) is 12.1 Å². The van der Waals surface area contributed by atoms with Crippen LogP contribution in [0.1, 0.15) is 16.7 Å². The van der Waals surface area contributed by atoms with Gasteiger partial charge in [0.1, 0.15) is 0 Å². The van der Waals surface area contributed by atoms with Gasteiger partial charge in [-0.3, -0.25) is 0 Å². The van der Waals surface area contributed by atoms with Crippen molar-refractivity contribution in [2.75, 3.05) is 0 Å². The van der Waals surface area contributed by atoms with Gasteiger partial charge in [0.05, 0.1) is 13.2 Å². The Bertz CT molecular complexity index is 294. The molecule has 1 aliphatic rings. The van der Waals surface area contributed by atoms with E-state index in [0.717, 1.165) is 18.2 Å². The van der Waals surface area contributed by atoms with Crippen molar-refractivity contribution >= 4 is 11.6 Å². The first kappa shape index (κ1) is 7.14. The molecule has 0 radical (unpaired) electrons. The van der Waals surface area contributed by atoms with Crippen molar-refractivity contribution < 1.29 is 4.74 Å². The number of benzene rings is 1. The average Bonchev–Trinajstić information content (AvgIpc) is 2.34. The van der Waals surface area contributed by atoms with Crippen LogP contribution in [-0.2, 0) is 18.0 Å². The number of aryl methyl sites for hydroxylation is 1. The molecule has 58 valence electrons. The molecule has 0 saturated heterocycles. The Kier molecular flexibility index (Phi) is 1.63. The van der Waals surface area contributed by atoms with E-state index in [0.29, 0.717) is 0 Å². The standard InChI is InChI=1S/C9H9ClO/c1-6-2-8(10)3-7-4-11-5-9(6)7/h2-3H,4-5H2,1H3. The lowest BCUT2D eigenvalue weighted by Gasteiger charge is -2.01. The van der Waals surface area contributed by atoms with E-state index >= 15 is 0 Å². The second-order valence-corrected chi connectivity index (χ2v) is 3.29. The predicted molar refractivity (Wildman–Crippen MR) is 44.7 cm³/mol. The van der Waals surface area contributed by atoms with E-state index in [9.17, 15) is 0 Å². The molecule has 1 aliphatic heterocycles. The minimum Gasteiger partial charge on any atom is -0.372 e. The molecule has 0 spiro atoms. The Morgan fingerprint density at radius 2 is 2.18 bits per heavy atom. The molecule has 1 heterocycles. The van der Waals surface area contributed by atoms with E-state index in [2.05, 4.69) is 6.92 Å². The van der Waals surface area contributed by atoms with Crippen molar-refractivity contribution in [3.63, 3.8) is 0 Å². The predicted octanol–water partition coefficient (Wildman–Crippen LogP) is 2.68. The van der Waals surface area contributed by atoms with Gasteiger partial charge in [-0.15, -0.1) is 0 Å². The summed E-state index contributed by atoms with van der Waals surface area (Å²) >= 11 is 5.87. The number of hydrogen-bond acceptors (Lipinski definition) is 1. The summed E-state index contributed by atoms with van der Waals surface area (Å²) in [6.45, 7) is 3.54. The zero-order valence-electron chi connectivity index (χ0n) is 6.36. The van der Waals surface area contributed by atoms with Gasteiger partial charge >= 0.3 is 0 Å². The quantitative estimate of drug-likeness (QED) is 0.579. The lowest BCUT2D eigenvalue weighted by atomic mass is 10.1. The molecule has 1 aromatic rings. The topological polar surface area (TPSA) is 9.23 Å². The number of hydrogen-bond donors (Lipinski definition) is 0. The fraction of sp³-hybridized carbons (Fsp3) is 0.333. The van der Waals surface area contributed by atoms with Crippen molar-refractivity contribution in [2.24, 2.45) is 0 Å². The fourth-order valence-electron chi connectivity index (χ4n) is 1.44. The first-order chi connectivity index (χ1) is 5.27. The van der Waals surface area contributed by atoms with Crippen molar-refractivity contribution in [1.29, 1.82) is 0 Å². The van der Waals surface area contributed by atoms with Gasteiger partial charge in [0.15, 0.2) is 0 Å². The Hall–Kier alpha value is -0.530. The first-order valence-electron chi connectivity index (χ1n) is 3.63. The van der Waals surface area contributed by atoms with Crippen LogP contribution in [0, 0.1) is 6.92 Å². The van der Waals surface area contributed by atoms with E-state index in [-0.39, 0.29) is 0 Å². The molecule has 0 atom stereocenters. The largest absolute Gasteiger partial charge is 0.372 e. The molecule has 1 nitrogen and oxygen atoms in total. The third-order valence-electron chi connectivity index (χ3n) is 2.03. The van der Waals surface area contributed by atoms with Crippen molar-refractivity contribution in [3.8, 4) is 0 Å². The van der Waals surface area contributed by atoms with Crippen molar-refractivity contribution in [1.82, 2.24) is 0 Å². The molecule has 0 amide bonds. The van der Waals surface area contributed by atoms with Gasteiger partial charge in [-0.25, -0.2) is 0 Å². The average molecular weight is 169 g/mol. The minimum absolute atomic E-state index is 0.719. The smallest absolute Gasteiger partial charge is 0.0727 e. The second kappa shape index (κ2) is 2.50. The molecular weight excluding hydrogens is 160 g/mol. The summed E-state index contributed by atoms with van der Waals surface area (Å²) in [5.41, 5.74) is 3.80. The Balaban J connectivity index is 2.60. The number of ether oxygens (including phenoxy) is 1. The molecule has 2 heteroatoms. The third kappa shape index (κ3) is 1.15. The highest BCUT2D eigenvalue weighted by molar-refractivity contribution is 6.30. The van der Waals surface area contributed by atoms with Gasteiger partial charge in [0.25, 0.3) is 0 Å². The summed E-state index contributed by atoms with van der Waals surface area (Å²) in [7, 11) is 0. The lowest BCUT2D eigenvalue weighted by Crippen LogP contribution is -1.86. The Morgan fingerprint density at radius 3 is 3.00 bits per heavy atom. The molecule has 1 aromatic carbocycles. The highest BCUT2D eigenvalue weighted by Gasteiger charge is 2.13. The summed E-state index contributed by atoms with van der Waals surface area (Å²) in [5.74, 6) is 0. The van der Waals surface area contributed by atoms with Gasteiger partial charge in [-0.2, -0.15) is 0 Å². The van der Waals surface area contributed by atoms with Crippen LogP contribution in [0.25, 0.3) is 0 Å². The summed E-state index contributed by atoms with van der Waals surface area (Å²) < 4.78 is 5.29. The maximum absolute atomic E-state index is 5.87. The van der Waals surface area contributed by atoms with Crippen LogP contribution < -0.4 is 0 Å². The van der Waals surface area contributed by atoms with Gasteiger partial charge in [0.2, 0.25) is 0 Å². The van der Waals surface area contributed by atoms with E-state index in [4.69, 9.17) is 16.3 Å². The van der Waals surface area contributed by atoms with E-state index < -0.39 is 0 Å².